The van der Waals surface area contributed by atoms with Crippen molar-refractivity contribution in [2.75, 3.05) is 39.3 Å². The van der Waals surface area contributed by atoms with Crippen LogP contribution in [0.25, 0.3) is 0 Å². The number of aliphatic hydroxyl groups excluding tert-OH is 1. The summed E-state index contributed by atoms with van der Waals surface area (Å²) in [4.78, 5) is 16.8. The summed E-state index contributed by atoms with van der Waals surface area (Å²) in [7, 11) is 0. The van der Waals surface area contributed by atoms with Gasteiger partial charge in [0.1, 0.15) is 6.61 Å². The van der Waals surface area contributed by atoms with Crippen molar-refractivity contribution in [2.45, 2.75) is 6.92 Å². The highest BCUT2D eigenvalue weighted by molar-refractivity contribution is 5.96. The number of nitrogens with zero attached hydrogens (tertiary/aromatic N) is 2. The molecule has 4 nitrogen and oxygen atoms in total. The average molecular weight is 272 g/mol. The summed E-state index contributed by atoms with van der Waals surface area (Å²) in [6.45, 7) is 6.33. The van der Waals surface area contributed by atoms with Gasteiger partial charge < -0.3 is 14.9 Å². The summed E-state index contributed by atoms with van der Waals surface area (Å²) in [5.41, 5.74) is 1.31. The molecule has 1 aromatic carbocycles. The van der Waals surface area contributed by atoms with Crippen LogP contribution in [0.1, 0.15) is 22.8 Å². The quantitative estimate of drug-likeness (QED) is 0.810. The zero-order chi connectivity index (χ0) is 14.4. The number of likely N-dealkylation sites (N-methyl/N-ethyl adjacent to an activating group) is 1. The number of carbonyl (C=O) groups excluding carboxylic acids is 1. The van der Waals surface area contributed by atoms with E-state index in [1.54, 1.807) is 6.07 Å². The van der Waals surface area contributed by atoms with E-state index in [1.165, 1.54) is 0 Å². The molecule has 0 atom stereocenters. The van der Waals surface area contributed by atoms with Crippen LogP contribution in [0.15, 0.2) is 24.3 Å². The van der Waals surface area contributed by atoms with Gasteiger partial charge in [-0.05, 0) is 18.7 Å². The Kier molecular flexibility index (Phi) is 5.16. The summed E-state index contributed by atoms with van der Waals surface area (Å²) >= 11 is 0. The van der Waals surface area contributed by atoms with Gasteiger partial charge in [0.2, 0.25) is 0 Å². The molecule has 1 N–H and O–H groups in total. The van der Waals surface area contributed by atoms with Crippen molar-refractivity contribution in [3.05, 3.63) is 35.4 Å². The van der Waals surface area contributed by atoms with E-state index in [0.29, 0.717) is 11.1 Å². The summed E-state index contributed by atoms with van der Waals surface area (Å²) in [6, 6.07) is 7.32. The molecule has 106 valence electrons. The van der Waals surface area contributed by atoms with Crippen molar-refractivity contribution in [3.63, 3.8) is 0 Å². The van der Waals surface area contributed by atoms with Crippen LogP contribution in [0.4, 0.5) is 0 Å². The van der Waals surface area contributed by atoms with Crippen LogP contribution in [0.5, 0.6) is 0 Å². The maximum absolute atomic E-state index is 12.6. The molecular formula is C16H20N2O2. The number of piperazine rings is 1. The van der Waals surface area contributed by atoms with Crippen molar-refractivity contribution in [3.8, 4) is 11.8 Å². The van der Waals surface area contributed by atoms with Crippen LogP contribution in [0.2, 0.25) is 0 Å². The molecule has 0 bridgehead atoms. The summed E-state index contributed by atoms with van der Waals surface area (Å²) in [5.74, 6) is 5.48. The highest BCUT2D eigenvalue weighted by atomic mass is 16.2. The van der Waals surface area contributed by atoms with E-state index in [0.717, 1.165) is 32.7 Å². The number of carbonyl (C=O) groups is 1. The molecule has 1 aromatic rings. The zero-order valence-electron chi connectivity index (χ0n) is 11.8. The third-order valence-electron chi connectivity index (χ3n) is 3.57. The fraction of sp³-hybridized carbons (Fsp3) is 0.438. The van der Waals surface area contributed by atoms with Gasteiger partial charge in [-0.15, -0.1) is 0 Å². The summed E-state index contributed by atoms with van der Waals surface area (Å²) in [5, 5.41) is 8.79. The van der Waals surface area contributed by atoms with Crippen LogP contribution >= 0.6 is 0 Å². The minimum atomic E-state index is -0.197. The molecule has 2 rings (SSSR count). The third kappa shape index (κ3) is 3.38. The van der Waals surface area contributed by atoms with Crippen LogP contribution in [-0.4, -0.2) is 60.1 Å². The Labute approximate surface area is 120 Å². The lowest BCUT2D eigenvalue weighted by molar-refractivity contribution is 0.0643. The van der Waals surface area contributed by atoms with Crippen molar-refractivity contribution in [1.29, 1.82) is 0 Å². The number of aliphatic hydroxyl groups is 1. The Morgan fingerprint density at radius 3 is 2.60 bits per heavy atom. The molecule has 1 aliphatic rings. The second kappa shape index (κ2) is 7.09. The molecule has 1 fully saturated rings. The largest absolute Gasteiger partial charge is 0.384 e. The first-order valence-electron chi connectivity index (χ1n) is 6.96. The lowest BCUT2D eigenvalue weighted by atomic mass is 10.1. The van der Waals surface area contributed by atoms with Crippen molar-refractivity contribution in [1.82, 2.24) is 9.80 Å². The van der Waals surface area contributed by atoms with E-state index in [2.05, 4.69) is 23.7 Å². The molecule has 0 unspecified atom stereocenters. The first-order valence-corrected chi connectivity index (χ1v) is 6.96. The number of rotatable bonds is 2. The summed E-state index contributed by atoms with van der Waals surface area (Å²) < 4.78 is 0. The normalized spacial score (nSPS) is 15.6. The fourth-order valence-electron chi connectivity index (χ4n) is 2.35. The Morgan fingerprint density at radius 1 is 1.25 bits per heavy atom. The van der Waals surface area contributed by atoms with Gasteiger partial charge in [0.05, 0.1) is 5.56 Å². The molecular weight excluding hydrogens is 252 g/mol. The predicted molar refractivity (Wildman–Crippen MR) is 78.4 cm³/mol. The molecule has 4 heteroatoms. The van der Waals surface area contributed by atoms with Gasteiger partial charge in [-0.25, -0.2) is 0 Å². The van der Waals surface area contributed by atoms with Gasteiger partial charge in [-0.3, -0.25) is 4.79 Å². The molecule has 0 radical (unpaired) electrons. The number of hydrogen-bond donors (Lipinski definition) is 1. The highest BCUT2D eigenvalue weighted by Gasteiger charge is 2.22. The van der Waals surface area contributed by atoms with Crippen LogP contribution in [-0.2, 0) is 0 Å². The monoisotopic (exact) mass is 272 g/mol. The summed E-state index contributed by atoms with van der Waals surface area (Å²) in [6.07, 6.45) is 0. The van der Waals surface area contributed by atoms with E-state index >= 15 is 0 Å². The van der Waals surface area contributed by atoms with Gasteiger partial charge in [0, 0.05) is 31.7 Å². The topological polar surface area (TPSA) is 43.8 Å². The lowest BCUT2D eigenvalue weighted by Crippen LogP contribution is -2.48. The highest BCUT2D eigenvalue weighted by Crippen LogP contribution is 2.13. The maximum Gasteiger partial charge on any atom is 0.255 e. The Bertz CT molecular complexity index is 523. The second-order valence-corrected chi connectivity index (χ2v) is 4.73. The maximum atomic E-state index is 12.6. The molecule has 0 spiro atoms. The van der Waals surface area contributed by atoms with E-state index in [1.807, 2.05) is 23.1 Å². The Hall–Kier alpha value is -1.83. The van der Waals surface area contributed by atoms with Crippen LogP contribution < -0.4 is 0 Å². The van der Waals surface area contributed by atoms with Crippen LogP contribution in [0, 0.1) is 11.8 Å². The minimum absolute atomic E-state index is 0.0311. The molecule has 1 aliphatic heterocycles. The van der Waals surface area contributed by atoms with E-state index < -0.39 is 0 Å². The Morgan fingerprint density at radius 2 is 1.95 bits per heavy atom. The lowest BCUT2D eigenvalue weighted by Gasteiger charge is -2.34. The predicted octanol–water partition coefficient (Wildman–Crippen LogP) is 0.808. The van der Waals surface area contributed by atoms with E-state index in [9.17, 15) is 4.79 Å². The standard InChI is InChI=1S/C16H20N2O2/c1-2-17-9-11-18(12-10-17)16(20)15-8-4-3-6-14(15)7-5-13-19/h3-4,6,8,19H,2,9-13H2,1H3. The molecule has 0 aliphatic carbocycles. The first kappa shape index (κ1) is 14.6. The van der Waals surface area contributed by atoms with Gasteiger partial charge in [-0.1, -0.05) is 30.9 Å². The number of benzene rings is 1. The van der Waals surface area contributed by atoms with E-state index in [-0.39, 0.29) is 12.5 Å². The number of amides is 1. The zero-order valence-corrected chi connectivity index (χ0v) is 11.8. The van der Waals surface area contributed by atoms with E-state index in [4.69, 9.17) is 5.11 Å². The van der Waals surface area contributed by atoms with Crippen molar-refractivity contribution in [2.24, 2.45) is 0 Å². The smallest absolute Gasteiger partial charge is 0.255 e. The molecule has 1 heterocycles. The van der Waals surface area contributed by atoms with Crippen molar-refractivity contribution >= 4 is 5.91 Å². The molecule has 1 saturated heterocycles. The molecule has 0 aromatic heterocycles. The van der Waals surface area contributed by atoms with Gasteiger partial charge in [0.25, 0.3) is 5.91 Å². The van der Waals surface area contributed by atoms with Crippen molar-refractivity contribution < 1.29 is 9.90 Å². The Balaban J connectivity index is 2.13. The second-order valence-electron chi connectivity index (χ2n) is 4.73. The fourth-order valence-corrected chi connectivity index (χ4v) is 2.35. The van der Waals surface area contributed by atoms with Gasteiger partial charge in [0.15, 0.2) is 0 Å². The van der Waals surface area contributed by atoms with Gasteiger partial charge >= 0.3 is 0 Å². The third-order valence-corrected chi connectivity index (χ3v) is 3.57. The van der Waals surface area contributed by atoms with Crippen LogP contribution in [0.3, 0.4) is 0 Å². The first-order chi connectivity index (χ1) is 9.76. The van der Waals surface area contributed by atoms with Gasteiger partial charge in [-0.2, -0.15) is 0 Å². The molecule has 1 amide bonds. The molecule has 20 heavy (non-hydrogen) atoms. The minimum Gasteiger partial charge on any atom is -0.384 e. The SMILES string of the molecule is CCN1CCN(C(=O)c2ccccc2C#CCO)CC1. The molecule has 0 saturated carbocycles. The number of hydrogen-bond acceptors (Lipinski definition) is 3. The average Bonchev–Trinajstić information content (AvgIpc) is 2.52.